The van der Waals surface area contributed by atoms with Crippen LogP contribution in [-0.4, -0.2) is 11.2 Å². The number of hydrogen-bond donors (Lipinski definition) is 1. The van der Waals surface area contributed by atoms with E-state index in [9.17, 15) is 5.11 Å². The molecule has 1 nitrogen and oxygen atoms in total. The van der Waals surface area contributed by atoms with Crippen LogP contribution < -0.4 is 0 Å². The maximum atomic E-state index is 10.7. The fourth-order valence-electron chi connectivity index (χ4n) is 8.10. The highest BCUT2D eigenvalue weighted by atomic mass is 16.3. The number of rotatable bonds is 1. The summed E-state index contributed by atoms with van der Waals surface area (Å²) in [6.45, 7) is 16.6. The molecule has 0 aromatic rings. The summed E-state index contributed by atoms with van der Waals surface area (Å²) in [5.74, 6) is 4.05. The monoisotopic (exact) mass is 356 g/mol. The lowest BCUT2D eigenvalue weighted by atomic mass is 9.49. The van der Waals surface area contributed by atoms with Crippen LogP contribution in [0.3, 0.4) is 0 Å². The first kappa shape index (κ1) is 18.8. The molecule has 0 saturated heterocycles. The molecule has 4 aliphatic carbocycles. The molecule has 0 heterocycles. The maximum absolute atomic E-state index is 10.7. The molecule has 4 aliphatic rings. The van der Waals surface area contributed by atoms with Gasteiger partial charge < -0.3 is 5.11 Å². The maximum Gasteiger partial charge on any atom is 0.0610 e. The van der Waals surface area contributed by atoms with Crippen molar-refractivity contribution < 1.29 is 5.11 Å². The summed E-state index contributed by atoms with van der Waals surface area (Å²) in [5.41, 5.74) is 3.86. The van der Waals surface area contributed by atoms with Gasteiger partial charge in [0.2, 0.25) is 0 Å². The zero-order chi connectivity index (χ0) is 18.9. The first-order valence-electron chi connectivity index (χ1n) is 11.2. The molecule has 0 radical (unpaired) electrons. The van der Waals surface area contributed by atoms with Gasteiger partial charge in [0.25, 0.3) is 0 Å². The van der Waals surface area contributed by atoms with Crippen molar-refractivity contribution in [2.24, 2.45) is 46.3 Å². The third-order valence-corrected chi connectivity index (χ3v) is 9.64. The Hall–Kier alpha value is -0.560. The first-order chi connectivity index (χ1) is 12.2. The molecule has 0 spiro atoms. The number of fused-ring (bicyclic) bond motifs is 4. The lowest BCUT2D eigenvalue weighted by Gasteiger charge is -2.56. The van der Waals surface area contributed by atoms with Crippen LogP contribution in [0.2, 0.25) is 0 Å². The van der Waals surface area contributed by atoms with Crippen LogP contribution in [0.5, 0.6) is 0 Å². The SMILES string of the molecule is C=C(C)C1CCC2(C)CCC3(C)CC4C(C)CC(O)C4C(C)=CCC3C12. The highest BCUT2D eigenvalue weighted by Gasteiger charge is 2.58. The molecular weight excluding hydrogens is 316 g/mol. The largest absolute Gasteiger partial charge is 0.392 e. The van der Waals surface area contributed by atoms with E-state index in [1.54, 1.807) is 0 Å². The van der Waals surface area contributed by atoms with Crippen LogP contribution in [0.1, 0.15) is 79.6 Å². The second kappa shape index (κ2) is 6.23. The second-order valence-corrected chi connectivity index (χ2v) is 11.3. The van der Waals surface area contributed by atoms with Gasteiger partial charge in [0.15, 0.2) is 0 Å². The Morgan fingerprint density at radius 1 is 1.19 bits per heavy atom. The van der Waals surface area contributed by atoms with Gasteiger partial charge in [-0.3, -0.25) is 0 Å². The Labute approximate surface area is 161 Å². The minimum absolute atomic E-state index is 0.116. The minimum atomic E-state index is -0.116. The summed E-state index contributed by atoms with van der Waals surface area (Å²) in [7, 11) is 0. The molecular formula is C25H40O. The van der Waals surface area contributed by atoms with E-state index >= 15 is 0 Å². The third-order valence-electron chi connectivity index (χ3n) is 9.64. The topological polar surface area (TPSA) is 20.2 Å². The fraction of sp³-hybridized carbons (Fsp3) is 0.840. The van der Waals surface area contributed by atoms with Crippen molar-refractivity contribution >= 4 is 0 Å². The van der Waals surface area contributed by atoms with Crippen LogP contribution in [0.4, 0.5) is 0 Å². The predicted octanol–water partition coefficient (Wildman–Crippen LogP) is 6.38. The molecule has 146 valence electrons. The average molecular weight is 357 g/mol. The molecule has 0 aliphatic heterocycles. The summed E-state index contributed by atoms with van der Waals surface area (Å²) >= 11 is 0. The zero-order valence-corrected chi connectivity index (χ0v) is 17.7. The molecule has 9 unspecified atom stereocenters. The van der Waals surface area contributed by atoms with Crippen LogP contribution >= 0.6 is 0 Å². The Morgan fingerprint density at radius 3 is 2.58 bits per heavy atom. The summed E-state index contributed by atoms with van der Waals surface area (Å²) in [4.78, 5) is 0. The molecule has 4 rings (SSSR count). The van der Waals surface area contributed by atoms with Gasteiger partial charge in [0.1, 0.15) is 0 Å². The molecule has 1 N–H and O–H groups in total. The van der Waals surface area contributed by atoms with Crippen molar-refractivity contribution in [1.29, 1.82) is 0 Å². The second-order valence-electron chi connectivity index (χ2n) is 11.3. The van der Waals surface area contributed by atoms with Crippen LogP contribution in [-0.2, 0) is 0 Å². The fourth-order valence-corrected chi connectivity index (χ4v) is 8.10. The molecule has 26 heavy (non-hydrogen) atoms. The lowest BCUT2D eigenvalue weighted by molar-refractivity contribution is -0.0522. The van der Waals surface area contributed by atoms with Gasteiger partial charge in [-0.2, -0.15) is 0 Å². The Morgan fingerprint density at radius 2 is 1.88 bits per heavy atom. The minimum Gasteiger partial charge on any atom is -0.392 e. The van der Waals surface area contributed by atoms with Gasteiger partial charge in [0, 0.05) is 5.92 Å². The van der Waals surface area contributed by atoms with E-state index in [0.717, 1.165) is 24.2 Å². The quantitative estimate of drug-likeness (QED) is 0.540. The van der Waals surface area contributed by atoms with Crippen molar-refractivity contribution in [2.75, 3.05) is 0 Å². The van der Waals surface area contributed by atoms with E-state index in [0.29, 0.717) is 28.6 Å². The van der Waals surface area contributed by atoms with Gasteiger partial charge in [-0.15, -0.1) is 0 Å². The van der Waals surface area contributed by atoms with Gasteiger partial charge in [-0.25, -0.2) is 0 Å². The summed E-state index contributed by atoms with van der Waals surface area (Å²) in [6.07, 6.45) is 11.5. The van der Waals surface area contributed by atoms with Crippen molar-refractivity contribution in [2.45, 2.75) is 85.7 Å². The Bertz CT molecular complexity index is 618. The van der Waals surface area contributed by atoms with E-state index < -0.39 is 0 Å². The zero-order valence-electron chi connectivity index (χ0n) is 17.7. The van der Waals surface area contributed by atoms with Crippen LogP contribution in [0.15, 0.2) is 23.8 Å². The van der Waals surface area contributed by atoms with Crippen molar-refractivity contribution in [1.82, 2.24) is 0 Å². The number of hydrogen-bond acceptors (Lipinski definition) is 1. The van der Waals surface area contributed by atoms with Crippen LogP contribution in [0.25, 0.3) is 0 Å². The number of aliphatic hydroxyl groups excluding tert-OH is 1. The summed E-state index contributed by atoms with van der Waals surface area (Å²) in [6, 6.07) is 0. The van der Waals surface area contributed by atoms with Crippen molar-refractivity contribution in [3.8, 4) is 0 Å². The van der Waals surface area contributed by atoms with Gasteiger partial charge >= 0.3 is 0 Å². The molecule has 0 amide bonds. The third kappa shape index (κ3) is 2.67. The molecule has 0 aromatic heterocycles. The van der Waals surface area contributed by atoms with E-state index in [1.165, 1.54) is 49.7 Å². The molecule has 9 atom stereocenters. The highest BCUT2D eigenvalue weighted by molar-refractivity contribution is 5.19. The van der Waals surface area contributed by atoms with E-state index in [4.69, 9.17) is 0 Å². The lowest BCUT2D eigenvalue weighted by Crippen LogP contribution is -2.48. The van der Waals surface area contributed by atoms with Crippen molar-refractivity contribution in [3.05, 3.63) is 23.8 Å². The smallest absolute Gasteiger partial charge is 0.0610 e. The first-order valence-corrected chi connectivity index (χ1v) is 11.2. The average Bonchev–Trinajstić information content (AvgIpc) is 3.03. The van der Waals surface area contributed by atoms with Gasteiger partial charge in [-0.05, 0) is 99.2 Å². The number of aliphatic hydroxyl groups is 1. The van der Waals surface area contributed by atoms with Gasteiger partial charge in [0.05, 0.1) is 6.10 Å². The van der Waals surface area contributed by atoms with Gasteiger partial charge in [-0.1, -0.05) is 44.6 Å². The standard InChI is InChI=1S/C25H40O/c1-15(2)18-9-10-24(5)11-12-25(6)14-19-17(4)13-21(26)22(19)16(3)7-8-20(25)23(18)24/h7,17-23,26H,1,8-14H2,2-6H3. The molecule has 0 bridgehead atoms. The van der Waals surface area contributed by atoms with E-state index in [2.05, 4.69) is 47.3 Å². The normalized spacial score (nSPS) is 53.8. The molecule has 1 heteroatoms. The highest BCUT2D eigenvalue weighted by Crippen LogP contribution is 2.66. The van der Waals surface area contributed by atoms with E-state index in [-0.39, 0.29) is 6.10 Å². The molecule has 0 aromatic carbocycles. The van der Waals surface area contributed by atoms with Crippen LogP contribution in [0, 0.1) is 46.3 Å². The van der Waals surface area contributed by atoms with Crippen molar-refractivity contribution in [3.63, 3.8) is 0 Å². The molecule has 3 fully saturated rings. The number of allylic oxidation sites excluding steroid dienone is 2. The summed E-state index contributed by atoms with van der Waals surface area (Å²) < 4.78 is 0. The summed E-state index contributed by atoms with van der Waals surface area (Å²) in [5, 5.41) is 10.7. The molecule has 3 saturated carbocycles. The Balaban J connectivity index is 1.74. The van der Waals surface area contributed by atoms with E-state index in [1.807, 2.05) is 0 Å². The Kier molecular flexibility index (Phi) is 4.50. The predicted molar refractivity (Wildman–Crippen MR) is 110 cm³/mol.